The van der Waals surface area contributed by atoms with Gasteiger partial charge >= 0.3 is 0 Å². The Morgan fingerprint density at radius 1 is 1.25 bits per heavy atom. The molecule has 0 aromatic heterocycles. The summed E-state index contributed by atoms with van der Waals surface area (Å²) in [6.07, 6.45) is 0.616. The Morgan fingerprint density at radius 3 is 2.25 bits per heavy atom. The van der Waals surface area contributed by atoms with Crippen molar-refractivity contribution in [1.82, 2.24) is 0 Å². The molecule has 16 heavy (non-hydrogen) atoms. The van der Waals surface area contributed by atoms with Crippen LogP contribution in [0.5, 0.6) is 0 Å². The van der Waals surface area contributed by atoms with Gasteiger partial charge in [-0.2, -0.15) is 0 Å². The third kappa shape index (κ3) is 3.32. The Morgan fingerprint density at radius 2 is 1.81 bits per heavy atom. The molecule has 1 aromatic carbocycles. The van der Waals surface area contributed by atoms with Crippen molar-refractivity contribution < 1.29 is 9.84 Å². The summed E-state index contributed by atoms with van der Waals surface area (Å²) >= 11 is 0. The van der Waals surface area contributed by atoms with Crippen LogP contribution in [-0.4, -0.2) is 18.8 Å². The summed E-state index contributed by atoms with van der Waals surface area (Å²) in [6, 6.07) is 8.18. The van der Waals surface area contributed by atoms with E-state index >= 15 is 0 Å². The van der Waals surface area contributed by atoms with Crippen LogP contribution in [-0.2, 0) is 10.3 Å². The van der Waals surface area contributed by atoms with Crippen molar-refractivity contribution in [2.75, 3.05) is 13.7 Å². The second-order valence-corrected chi connectivity index (χ2v) is 4.79. The van der Waals surface area contributed by atoms with Gasteiger partial charge in [0.2, 0.25) is 0 Å². The summed E-state index contributed by atoms with van der Waals surface area (Å²) in [7, 11) is 1.65. The van der Waals surface area contributed by atoms with Gasteiger partial charge in [0.1, 0.15) is 0 Å². The van der Waals surface area contributed by atoms with Crippen LogP contribution >= 0.6 is 0 Å². The monoisotopic (exact) mass is 222 g/mol. The highest BCUT2D eigenvalue weighted by Crippen LogP contribution is 2.26. The molecule has 0 radical (unpaired) electrons. The summed E-state index contributed by atoms with van der Waals surface area (Å²) in [5.74, 6) is 0.526. The van der Waals surface area contributed by atoms with Crippen molar-refractivity contribution in [2.45, 2.75) is 38.7 Å². The molecule has 0 heterocycles. The number of ether oxygens (including phenoxy) is 1. The molecule has 1 rings (SSSR count). The molecule has 1 aromatic rings. The highest BCUT2D eigenvalue weighted by molar-refractivity contribution is 5.28. The minimum Gasteiger partial charge on any atom is -0.385 e. The van der Waals surface area contributed by atoms with E-state index in [4.69, 9.17) is 4.74 Å². The Bertz CT molecular complexity index is 312. The molecule has 0 saturated heterocycles. The fraction of sp³-hybridized carbons (Fsp3) is 0.571. The maximum atomic E-state index is 10.3. The molecule has 0 aliphatic rings. The lowest BCUT2D eigenvalue weighted by molar-refractivity contribution is 0.0210. The average Bonchev–Trinajstić information content (AvgIpc) is 2.26. The third-order valence-electron chi connectivity index (χ3n) is 2.99. The van der Waals surface area contributed by atoms with Gasteiger partial charge in [-0.3, -0.25) is 0 Å². The molecule has 90 valence electrons. The van der Waals surface area contributed by atoms with Gasteiger partial charge in [0, 0.05) is 20.1 Å². The van der Waals surface area contributed by atoms with Gasteiger partial charge in [-0.1, -0.05) is 38.1 Å². The van der Waals surface area contributed by atoms with E-state index in [2.05, 4.69) is 26.0 Å². The minimum atomic E-state index is -0.800. The van der Waals surface area contributed by atoms with Crippen molar-refractivity contribution in [3.05, 3.63) is 35.4 Å². The number of rotatable bonds is 5. The maximum absolute atomic E-state index is 10.3. The number of aliphatic hydroxyl groups is 1. The zero-order chi connectivity index (χ0) is 12.2. The molecular formula is C14H22O2. The van der Waals surface area contributed by atoms with Crippen molar-refractivity contribution in [3.63, 3.8) is 0 Å². The molecule has 1 unspecified atom stereocenters. The van der Waals surface area contributed by atoms with Gasteiger partial charge in [0.15, 0.2) is 0 Å². The molecule has 0 bridgehead atoms. The number of hydrogen-bond donors (Lipinski definition) is 1. The highest BCUT2D eigenvalue weighted by Gasteiger charge is 2.22. The van der Waals surface area contributed by atoms with Gasteiger partial charge in [-0.05, 0) is 24.0 Å². The maximum Gasteiger partial charge on any atom is 0.0890 e. The molecule has 1 atom stereocenters. The van der Waals surface area contributed by atoms with E-state index in [1.165, 1.54) is 5.56 Å². The van der Waals surface area contributed by atoms with Gasteiger partial charge in [-0.25, -0.2) is 0 Å². The SMILES string of the molecule is COCCC(C)(O)c1ccc(C(C)C)cc1. The molecule has 0 spiro atoms. The first-order valence-corrected chi connectivity index (χ1v) is 5.79. The topological polar surface area (TPSA) is 29.5 Å². The quantitative estimate of drug-likeness (QED) is 0.829. The zero-order valence-corrected chi connectivity index (χ0v) is 10.7. The minimum absolute atomic E-state index is 0.526. The molecule has 2 nitrogen and oxygen atoms in total. The highest BCUT2D eigenvalue weighted by atomic mass is 16.5. The number of hydrogen-bond acceptors (Lipinski definition) is 2. The van der Waals surface area contributed by atoms with Crippen LogP contribution in [0.3, 0.4) is 0 Å². The van der Waals surface area contributed by atoms with Crippen LogP contribution < -0.4 is 0 Å². The van der Waals surface area contributed by atoms with Crippen molar-refractivity contribution >= 4 is 0 Å². The standard InChI is InChI=1S/C14H22O2/c1-11(2)12-5-7-13(8-6-12)14(3,15)9-10-16-4/h5-8,11,15H,9-10H2,1-4H3. The molecular weight excluding hydrogens is 200 g/mol. The Balaban J connectivity index is 2.79. The van der Waals surface area contributed by atoms with Crippen LogP contribution in [0.15, 0.2) is 24.3 Å². The summed E-state index contributed by atoms with van der Waals surface area (Å²) in [6.45, 7) is 6.73. The van der Waals surface area contributed by atoms with E-state index in [0.29, 0.717) is 18.9 Å². The van der Waals surface area contributed by atoms with Gasteiger partial charge in [0.25, 0.3) is 0 Å². The molecule has 0 aliphatic heterocycles. The Hall–Kier alpha value is -0.860. The summed E-state index contributed by atoms with van der Waals surface area (Å²) in [5.41, 5.74) is 1.45. The van der Waals surface area contributed by atoms with E-state index < -0.39 is 5.60 Å². The average molecular weight is 222 g/mol. The third-order valence-corrected chi connectivity index (χ3v) is 2.99. The van der Waals surface area contributed by atoms with E-state index in [-0.39, 0.29) is 0 Å². The fourth-order valence-corrected chi connectivity index (χ4v) is 1.67. The van der Waals surface area contributed by atoms with Gasteiger partial charge in [-0.15, -0.1) is 0 Å². The first-order chi connectivity index (χ1) is 7.47. The molecule has 0 fully saturated rings. The predicted molar refractivity (Wildman–Crippen MR) is 66.6 cm³/mol. The lowest BCUT2D eigenvalue weighted by Crippen LogP contribution is -2.23. The van der Waals surface area contributed by atoms with Crippen molar-refractivity contribution in [1.29, 1.82) is 0 Å². The molecule has 0 amide bonds. The van der Waals surface area contributed by atoms with Crippen molar-refractivity contribution in [2.24, 2.45) is 0 Å². The van der Waals surface area contributed by atoms with Crippen LogP contribution in [0.2, 0.25) is 0 Å². The van der Waals surface area contributed by atoms with Crippen LogP contribution in [0, 0.1) is 0 Å². The fourth-order valence-electron chi connectivity index (χ4n) is 1.67. The Kier molecular flexibility index (Phi) is 4.51. The van der Waals surface area contributed by atoms with E-state index in [9.17, 15) is 5.11 Å². The first-order valence-electron chi connectivity index (χ1n) is 5.79. The summed E-state index contributed by atoms with van der Waals surface area (Å²) in [4.78, 5) is 0. The molecule has 1 N–H and O–H groups in total. The zero-order valence-electron chi connectivity index (χ0n) is 10.7. The number of methoxy groups -OCH3 is 1. The smallest absolute Gasteiger partial charge is 0.0890 e. The van der Waals surface area contributed by atoms with Crippen LogP contribution in [0.25, 0.3) is 0 Å². The lowest BCUT2D eigenvalue weighted by Gasteiger charge is -2.24. The summed E-state index contributed by atoms with van der Waals surface area (Å²) < 4.78 is 5.00. The Labute approximate surface area is 98.3 Å². The molecule has 0 saturated carbocycles. The normalized spacial score (nSPS) is 15.1. The van der Waals surface area contributed by atoms with E-state index in [0.717, 1.165) is 5.56 Å². The van der Waals surface area contributed by atoms with Crippen LogP contribution in [0.4, 0.5) is 0 Å². The molecule has 2 heteroatoms. The van der Waals surface area contributed by atoms with E-state index in [1.54, 1.807) is 7.11 Å². The van der Waals surface area contributed by atoms with E-state index in [1.807, 2.05) is 19.1 Å². The van der Waals surface area contributed by atoms with Crippen LogP contribution in [0.1, 0.15) is 44.2 Å². The van der Waals surface area contributed by atoms with Gasteiger partial charge < -0.3 is 9.84 Å². The van der Waals surface area contributed by atoms with Gasteiger partial charge in [0.05, 0.1) is 5.60 Å². The number of benzene rings is 1. The second-order valence-electron chi connectivity index (χ2n) is 4.79. The second kappa shape index (κ2) is 5.46. The van der Waals surface area contributed by atoms with Crippen molar-refractivity contribution in [3.8, 4) is 0 Å². The lowest BCUT2D eigenvalue weighted by atomic mass is 9.91. The summed E-state index contributed by atoms with van der Waals surface area (Å²) in [5, 5.41) is 10.3. The molecule has 0 aliphatic carbocycles. The predicted octanol–water partition coefficient (Wildman–Crippen LogP) is 3.05. The largest absolute Gasteiger partial charge is 0.385 e. The first kappa shape index (κ1) is 13.2.